The topological polar surface area (TPSA) is 195 Å². The molecule has 0 spiro atoms. The highest BCUT2D eigenvalue weighted by Crippen LogP contribution is 2.38. The van der Waals surface area contributed by atoms with E-state index in [0.717, 1.165) is 0 Å². The summed E-state index contributed by atoms with van der Waals surface area (Å²) in [5.41, 5.74) is 6.84. The number of pyridine rings is 1. The maximum atomic E-state index is 11.3. The number of aliphatic hydroxyl groups is 1. The summed E-state index contributed by atoms with van der Waals surface area (Å²) < 4.78 is 15.4. The highest BCUT2D eigenvalue weighted by atomic mass is 31.2. The largest absolute Gasteiger partial charge is 0.506 e. The molecule has 0 bridgehead atoms. The summed E-state index contributed by atoms with van der Waals surface area (Å²) >= 11 is 0. The first-order valence-electron chi connectivity index (χ1n) is 8.48. The van der Waals surface area contributed by atoms with E-state index in [4.69, 9.17) is 15.5 Å². The molecular formula is C16H24N3O8P. The van der Waals surface area contributed by atoms with E-state index < -0.39 is 38.5 Å². The number of nitrogens with zero attached hydrogens (tertiary/aromatic N) is 1. The van der Waals surface area contributed by atoms with E-state index in [-0.39, 0.29) is 23.4 Å². The molecule has 156 valence electrons. The van der Waals surface area contributed by atoms with Crippen LogP contribution in [0.3, 0.4) is 0 Å². The molecule has 11 nitrogen and oxygen atoms in total. The van der Waals surface area contributed by atoms with Gasteiger partial charge in [0, 0.05) is 35.5 Å². The lowest BCUT2D eigenvalue weighted by molar-refractivity contribution is -0.140. The molecule has 1 aliphatic rings. The molecule has 1 heterocycles. The fraction of sp³-hybridized carbons (Fsp3) is 0.500. The third kappa shape index (κ3) is 5.74. The van der Waals surface area contributed by atoms with Gasteiger partial charge in [-0.05, 0) is 19.8 Å². The van der Waals surface area contributed by atoms with Gasteiger partial charge in [0.1, 0.15) is 12.0 Å². The maximum absolute atomic E-state index is 11.3. The zero-order chi connectivity index (χ0) is 21.1. The molecule has 1 aliphatic carbocycles. The molecule has 0 amide bonds. The van der Waals surface area contributed by atoms with Crippen molar-refractivity contribution in [1.82, 2.24) is 10.3 Å². The van der Waals surface area contributed by atoms with Gasteiger partial charge in [0.2, 0.25) is 0 Å². The van der Waals surface area contributed by atoms with E-state index in [0.29, 0.717) is 24.2 Å². The van der Waals surface area contributed by atoms with Crippen LogP contribution in [-0.4, -0.2) is 42.3 Å². The van der Waals surface area contributed by atoms with Crippen LogP contribution in [0.5, 0.6) is 5.75 Å². The van der Waals surface area contributed by atoms with Crippen molar-refractivity contribution in [3.05, 3.63) is 34.8 Å². The van der Waals surface area contributed by atoms with E-state index >= 15 is 0 Å². The molecule has 0 radical (unpaired) electrons. The molecule has 0 fully saturated rings. The first kappa shape index (κ1) is 22.3. The van der Waals surface area contributed by atoms with Gasteiger partial charge >= 0.3 is 13.8 Å². The molecule has 3 atom stereocenters. The molecule has 0 aliphatic heterocycles. The lowest BCUT2D eigenvalue weighted by Gasteiger charge is -2.30. The third-order valence-corrected chi connectivity index (χ3v) is 5.05. The van der Waals surface area contributed by atoms with E-state index in [1.54, 1.807) is 6.92 Å². The minimum Gasteiger partial charge on any atom is -0.506 e. The van der Waals surface area contributed by atoms with Crippen molar-refractivity contribution < 1.29 is 39.0 Å². The van der Waals surface area contributed by atoms with Crippen molar-refractivity contribution in [2.24, 2.45) is 17.6 Å². The van der Waals surface area contributed by atoms with Gasteiger partial charge in [-0.2, -0.15) is 0 Å². The van der Waals surface area contributed by atoms with Gasteiger partial charge in [-0.15, -0.1) is 0 Å². The second-order valence-electron chi connectivity index (χ2n) is 6.55. The molecule has 1 aromatic heterocycles. The number of phosphoric ester groups is 1. The summed E-state index contributed by atoms with van der Waals surface area (Å²) in [6, 6.07) is 0. The lowest BCUT2D eigenvalue weighted by atomic mass is 9.84. The monoisotopic (exact) mass is 417 g/mol. The molecule has 8 N–H and O–H groups in total. The number of aromatic nitrogens is 1. The van der Waals surface area contributed by atoms with Crippen molar-refractivity contribution >= 4 is 13.8 Å². The van der Waals surface area contributed by atoms with Crippen molar-refractivity contribution in [2.45, 2.75) is 39.1 Å². The van der Waals surface area contributed by atoms with E-state index in [9.17, 15) is 24.7 Å². The summed E-state index contributed by atoms with van der Waals surface area (Å²) in [7, 11) is -4.72. The molecule has 0 aromatic carbocycles. The number of aliphatic hydroxyl groups excluding tert-OH is 1. The fourth-order valence-electron chi connectivity index (χ4n) is 3.03. The minimum atomic E-state index is -4.72. The molecule has 0 saturated carbocycles. The normalized spacial score (nSPS) is 21.1. The number of carboxylic acid groups (broad SMARTS) is 1. The average Bonchev–Trinajstić information content (AvgIpc) is 2.60. The second-order valence-corrected chi connectivity index (χ2v) is 7.79. The summed E-state index contributed by atoms with van der Waals surface area (Å²) in [5.74, 6) is -2.42. The number of nitrogens with one attached hydrogen (secondary N) is 1. The molecule has 1 aromatic rings. The Kier molecular flexibility index (Phi) is 7.16. The highest BCUT2D eigenvalue weighted by molar-refractivity contribution is 7.46. The standard InChI is InChI=1S/C16H24N3O8P/c1-8-14(20)12(10(5-18-8)7-27-28(24,25)26)6-19-13-4-9(16(22)23)2-3-11(13)15(17)21/h4-5,9,11,15,19-21H,2-3,6-7,17H2,1H3,(H,22,23)(H2,24,25,26)/t9-,11-,15?/m1/s1. The van der Waals surface area contributed by atoms with Crippen LogP contribution in [-0.2, 0) is 27.0 Å². The van der Waals surface area contributed by atoms with Crippen LogP contribution in [0.2, 0.25) is 0 Å². The Balaban J connectivity index is 2.27. The molecule has 1 unspecified atom stereocenters. The summed E-state index contributed by atoms with van der Waals surface area (Å²) in [4.78, 5) is 33.0. The number of nitrogens with two attached hydrogens (primary N) is 1. The summed E-state index contributed by atoms with van der Waals surface area (Å²) in [6.45, 7) is 1.05. The van der Waals surface area contributed by atoms with E-state index in [2.05, 4.69) is 14.8 Å². The van der Waals surface area contributed by atoms with Crippen LogP contribution < -0.4 is 11.1 Å². The molecule has 28 heavy (non-hydrogen) atoms. The smallest absolute Gasteiger partial charge is 0.469 e. The average molecular weight is 417 g/mol. The SMILES string of the molecule is Cc1ncc(COP(=O)(O)O)c(CNC2=C[C@H](C(=O)O)CC[C@H]2C(N)O)c1O. The van der Waals surface area contributed by atoms with E-state index in [1.165, 1.54) is 12.3 Å². The summed E-state index contributed by atoms with van der Waals surface area (Å²) in [6.07, 6.45) is 2.30. The van der Waals surface area contributed by atoms with Gasteiger partial charge in [-0.3, -0.25) is 14.3 Å². The van der Waals surface area contributed by atoms with Crippen LogP contribution in [0.1, 0.15) is 29.7 Å². The second kappa shape index (κ2) is 8.99. The number of rotatable bonds is 8. The molecule has 12 heteroatoms. The number of hydrogen-bond acceptors (Lipinski definition) is 8. The Labute approximate surface area is 161 Å². The van der Waals surface area contributed by atoms with Crippen LogP contribution >= 0.6 is 7.82 Å². The zero-order valence-electron chi connectivity index (χ0n) is 15.1. The molecular weight excluding hydrogens is 393 g/mol. The Hall–Kier alpha value is -2.01. The van der Waals surface area contributed by atoms with Crippen LogP contribution in [0.25, 0.3) is 0 Å². The Morgan fingerprint density at radius 2 is 2.14 bits per heavy atom. The number of aryl methyl sites for hydroxylation is 1. The maximum Gasteiger partial charge on any atom is 0.469 e. The number of phosphoric acid groups is 1. The number of aromatic hydroxyl groups is 1. The number of carbonyl (C=O) groups is 1. The van der Waals surface area contributed by atoms with Crippen LogP contribution in [0, 0.1) is 18.8 Å². The Morgan fingerprint density at radius 3 is 2.71 bits per heavy atom. The number of hydrogen-bond donors (Lipinski definition) is 7. The fourth-order valence-corrected chi connectivity index (χ4v) is 3.34. The quantitative estimate of drug-likeness (QED) is 0.223. The van der Waals surface area contributed by atoms with Crippen molar-refractivity contribution in [2.75, 3.05) is 0 Å². The third-order valence-electron chi connectivity index (χ3n) is 4.59. The molecule has 0 saturated heterocycles. The van der Waals surface area contributed by atoms with Crippen LogP contribution in [0.4, 0.5) is 0 Å². The summed E-state index contributed by atoms with van der Waals surface area (Å²) in [5, 5.41) is 32.3. The predicted molar refractivity (Wildman–Crippen MR) is 96.4 cm³/mol. The number of aliphatic carboxylic acids is 1. The molecule has 2 rings (SSSR count). The zero-order valence-corrected chi connectivity index (χ0v) is 16.0. The predicted octanol–water partition coefficient (Wildman–Crippen LogP) is 0.0663. The van der Waals surface area contributed by atoms with Crippen molar-refractivity contribution in [1.29, 1.82) is 0 Å². The van der Waals surface area contributed by atoms with Gasteiger partial charge in [-0.25, -0.2) is 4.57 Å². The first-order valence-corrected chi connectivity index (χ1v) is 10.0. The minimum absolute atomic E-state index is 0.0174. The van der Waals surface area contributed by atoms with Gasteiger partial charge in [-0.1, -0.05) is 6.08 Å². The Morgan fingerprint density at radius 1 is 1.46 bits per heavy atom. The van der Waals surface area contributed by atoms with Crippen molar-refractivity contribution in [3.63, 3.8) is 0 Å². The van der Waals surface area contributed by atoms with Crippen molar-refractivity contribution in [3.8, 4) is 5.75 Å². The van der Waals surface area contributed by atoms with Gasteiger partial charge in [0.05, 0.1) is 18.2 Å². The number of carboxylic acids is 1. The van der Waals surface area contributed by atoms with Crippen LogP contribution in [0.15, 0.2) is 18.0 Å². The lowest BCUT2D eigenvalue weighted by Crippen LogP contribution is -2.38. The first-order chi connectivity index (χ1) is 13.0. The van der Waals surface area contributed by atoms with Gasteiger partial charge in [0.15, 0.2) is 0 Å². The van der Waals surface area contributed by atoms with Gasteiger partial charge in [0.25, 0.3) is 0 Å². The van der Waals surface area contributed by atoms with E-state index in [1.807, 2.05) is 0 Å². The Bertz CT molecular complexity index is 807. The highest BCUT2D eigenvalue weighted by Gasteiger charge is 2.30. The van der Waals surface area contributed by atoms with Gasteiger partial charge < -0.3 is 36.2 Å².